The molecule has 3 aromatic carbocycles. The van der Waals surface area contributed by atoms with Crippen LogP contribution in [0.1, 0.15) is 139 Å². The molecule has 7 rings (SSSR count). The average Bonchev–Trinajstić information content (AvgIpc) is 3.73. The molecule has 2 unspecified atom stereocenters. The summed E-state index contributed by atoms with van der Waals surface area (Å²) in [4.78, 5) is 19.1. The van der Waals surface area contributed by atoms with Gasteiger partial charge in [0.25, 0.3) is 0 Å². The maximum absolute atomic E-state index is 14.9. The van der Waals surface area contributed by atoms with Crippen molar-refractivity contribution in [2.24, 2.45) is 23.7 Å². The summed E-state index contributed by atoms with van der Waals surface area (Å²) >= 11 is 0. The van der Waals surface area contributed by atoms with Crippen LogP contribution in [0.25, 0.3) is 0 Å². The molecule has 4 fully saturated rings. The molecule has 5 N–H and O–H groups in total. The number of hydrogen-bond donors (Lipinski definition) is 5. The summed E-state index contributed by atoms with van der Waals surface area (Å²) in [5.41, 5.74) is -5.55. The Morgan fingerprint density at radius 1 is 0.744 bits per heavy atom. The van der Waals surface area contributed by atoms with Crippen molar-refractivity contribution in [1.82, 2.24) is 9.80 Å². The van der Waals surface area contributed by atoms with Gasteiger partial charge in [0, 0.05) is 31.9 Å². The number of likely N-dealkylation sites (N-methyl/N-ethyl adjacent to an activating group) is 1. The molecule has 13 nitrogen and oxygen atoms in total. The molecule has 0 spiro atoms. The maximum atomic E-state index is 14.9. The number of aliphatic hydroxyl groups excluding tert-OH is 3. The molecule has 14 heteroatoms. The van der Waals surface area contributed by atoms with Gasteiger partial charge in [-0.1, -0.05) is 27.7 Å². The van der Waals surface area contributed by atoms with Crippen LogP contribution in [0.5, 0.6) is 0 Å². The molecular formula is C64H101N2O11P. The zero-order valence-electron chi connectivity index (χ0n) is 49.4. The van der Waals surface area contributed by atoms with Crippen LogP contribution in [0.3, 0.4) is 0 Å². The SMILES string of the molecule is CC[C@H]1OC(=O)[C@H](C)[C@@H](C2C[C@@](C)(OC)[C@@H](O)[C@H](C)O2)[C@H](C)C2(O[C@@H]3O[C@H](C)C[C@H](N(C)C)[C@H]3O)C[C@@]2(O)C[C@@H](C)CN(CCCCCCCCC[PH](c2ccccc2)(c2ccccc2)c2ccccc2)[C@H](C)[C@@H](O)[C@]1(C)O. The number of unbranched alkanes of at least 4 members (excludes halogenated alkanes) is 6. The minimum absolute atomic E-state index is 0.116. The second-order valence-electron chi connectivity index (χ2n) is 25.3. The van der Waals surface area contributed by atoms with Gasteiger partial charge in [0.15, 0.2) is 6.29 Å². The molecule has 4 aliphatic rings. The molecule has 3 saturated heterocycles. The van der Waals surface area contributed by atoms with E-state index >= 15 is 0 Å². The standard InChI is InChI=1S/C64H101N2O11P/c1-13-54-62(9,71)57(68)47(6)66(36-28-17-15-14-16-18-29-37-78(49-30-22-19-23-31-49,50-32-24-20-25-33-50)51-34-26-21-27-35-51)41-43(2)39-63(72)42-64(63,77-60-56(67)52(65(10)11)38-44(3)74-60)46(5)55(45(4)59(70)76-54)53-40-61(8,73-12)58(69)48(7)75-53/h19-27,30-35,43-48,52-58,60,67-69,71-72,78H,13-18,28-29,36-42H2,1-12H3/t43-,44-,45-,46+,47-,48+,52+,53?,54-,55-,56-,57-,58+,60+,61-,62-,63+,64?/m1/s1. The third-order valence-corrected chi connectivity index (χ3v) is 24.5. The zero-order chi connectivity index (χ0) is 56.8. The van der Waals surface area contributed by atoms with E-state index < -0.39 is 102 Å². The average molecular weight is 1110 g/mol. The summed E-state index contributed by atoms with van der Waals surface area (Å²) in [6.07, 6.45) is 3.34. The molecule has 1 saturated carbocycles. The minimum Gasteiger partial charge on any atom is -0.388 e. The third-order valence-electron chi connectivity index (χ3n) is 19.5. The summed E-state index contributed by atoms with van der Waals surface area (Å²) < 4.78 is 32.6. The van der Waals surface area contributed by atoms with E-state index in [2.05, 4.69) is 103 Å². The van der Waals surface area contributed by atoms with Crippen LogP contribution in [0.15, 0.2) is 91.0 Å². The Morgan fingerprint density at radius 2 is 1.28 bits per heavy atom. The first-order valence-corrected chi connectivity index (χ1v) is 32.0. The minimum atomic E-state index is -2.28. The number of hydrogen-bond acceptors (Lipinski definition) is 13. The quantitative estimate of drug-likeness (QED) is 0.0449. The van der Waals surface area contributed by atoms with Crippen molar-refractivity contribution in [2.45, 2.75) is 223 Å². The normalized spacial score (nSPS) is 38.7. The monoisotopic (exact) mass is 1100 g/mol. The fourth-order valence-corrected chi connectivity index (χ4v) is 19.6. The molecule has 3 heterocycles. The number of benzene rings is 3. The van der Waals surface area contributed by atoms with Gasteiger partial charge in [-0.2, -0.15) is 0 Å². The Labute approximate surface area is 469 Å². The number of nitrogens with zero attached hydrogens (tertiary/aromatic N) is 2. The van der Waals surface area contributed by atoms with Gasteiger partial charge in [-0.3, -0.25) is 4.79 Å². The van der Waals surface area contributed by atoms with E-state index in [0.717, 1.165) is 51.1 Å². The van der Waals surface area contributed by atoms with E-state index in [4.69, 9.17) is 23.7 Å². The van der Waals surface area contributed by atoms with Gasteiger partial charge in [-0.05, 0) is 67.0 Å². The van der Waals surface area contributed by atoms with Crippen molar-refractivity contribution in [3.8, 4) is 0 Å². The smallest absolute Gasteiger partial charge is 0.388 e. The Morgan fingerprint density at radius 3 is 1.81 bits per heavy atom. The number of fused-ring (bicyclic) bond motifs is 1. The number of rotatable bonds is 19. The van der Waals surface area contributed by atoms with Crippen molar-refractivity contribution in [3.05, 3.63) is 91.0 Å². The summed E-state index contributed by atoms with van der Waals surface area (Å²) in [5.74, 6) is -2.84. The number of aliphatic hydroxyl groups is 5. The second-order valence-corrected chi connectivity index (χ2v) is 29.3. The predicted molar refractivity (Wildman–Crippen MR) is 313 cm³/mol. The Bertz CT molecular complexity index is 2220. The third kappa shape index (κ3) is 13.3. The molecule has 0 radical (unpaired) electrons. The summed E-state index contributed by atoms with van der Waals surface area (Å²) in [6.45, 7) is 18.0. The van der Waals surface area contributed by atoms with Crippen LogP contribution in [0.2, 0.25) is 0 Å². The molecule has 78 heavy (non-hydrogen) atoms. The molecule has 18 atom stereocenters. The van der Waals surface area contributed by atoms with Gasteiger partial charge in [0.1, 0.15) is 29.5 Å². The Kier molecular flexibility index (Phi) is 21.4. The molecule has 3 aliphatic heterocycles. The fraction of sp³-hybridized carbons (Fsp3) is 0.703. The van der Waals surface area contributed by atoms with E-state index in [-0.39, 0.29) is 37.3 Å². The van der Waals surface area contributed by atoms with Gasteiger partial charge in [-0.25, -0.2) is 0 Å². The molecule has 0 aromatic heterocycles. The van der Waals surface area contributed by atoms with Gasteiger partial charge in [0.2, 0.25) is 0 Å². The first-order chi connectivity index (χ1) is 37.0. The number of esters is 1. The van der Waals surface area contributed by atoms with Crippen molar-refractivity contribution in [3.63, 3.8) is 0 Å². The predicted octanol–water partition coefficient (Wildman–Crippen LogP) is 7.76. The number of carbonyl (C=O) groups excluding carboxylic acids is 1. The fourth-order valence-electron chi connectivity index (χ4n) is 14.7. The van der Waals surface area contributed by atoms with E-state index in [9.17, 15) is 30.3 Å². The van der Waals surface area contributed by atoms with Crippen LogP contribution >= 0.6 is 7.26 Å². The Balaban J connectivity index is 1.10. The molecule has 0 amide bonds. The van der Waals surface area contributed by atoms with E-state index in [0.29, 0.717) is 25.9 Å². The van der Waals surface area contributed by atoms with E-state index in [1.807, 2.05) is 53.6 Å². The van der Waals surface area contributed by atoms with Crippen LogP contribution in [-0.4, -0.2) is 165 Å². The molecule has 3 aromatic rings. The first kappa shape index (κ1) is 62.7. The molecule has 438 valence electrons. The van der Waals surface area contributed by atoms with Crippen LogP contribution in [0, 0.1) is 23.7 Å². The van der Waals surface area contributed by atoms with Crippen molar-refractivity contribution in [2.75, 3.05) is 40.5 Å². The molecular weight excluding hydrogens is 1000 g/mol. The van der Waals surface area contributed by atoms with Gasteiger partial charge >= 0.3 is 214 Å². The second kappa shape index (κ2) is 26.6. The number of methoxy groups -OCH3 is 1. The van der Waals surface area contributed by atoms with Crippen molar-refractivity contribution in [1.29, 1.82) is 0 Å². The molecule has 1 aliphatic carbocycles. The number of ether oxygens (including phenoxy) is 5. The van der Waals surface area contributed by atoms with Gasteiger partial charge < -0.3 is 54.1 Å². The van der Waals surface area contributed by atoms with Crippen molar-refractivity contribution >= 4 is 29.1 Å². The van der Waals surface area contributed by atoms with Crippen LogP contribution < -0.4 is 15.9 Å². The summed E-state index contributed by atoms with van der Waals surface area (Å²) in [6, 6.07) is 32.6. The van der Waals surface area contributed by atoms with Crippen LogP contribution in [-0.2, 0) is 28.5 Å². The topological polar surface area (TPSA) is 171 Å². The summed E-state index contributed by atoms with van der Waals surface area (Å²) in [5, 5.41) is 65.6. The number of carbonyl (C=O) groups is 1. The number of cyclic esters (lactones) is 1. The van der Waals surface area contributed by atoms with Gasteiger partial charge in [-0.15, -0.1) is 0 Å². The summed E-state index contributed by atoms with van der Waals surface area (Å²) in [7, 11) is 3.14. The molecule has 0 bridgehead atoms. The zero-order valence-corrected chi connectivity index (χ0v) is 50.4. The Hall–Kier alpha value is -2.88. The van der Waals surface area contributed by atoms with E-state index in [1.54, 1.807) is 27.9 Å². The first-order valence-electron chi connectivity index (χ1n) is 29.8. The van der Waals surface area contributed by atoms with Gasteiger partial charge in [0.05, 0.1) is 35.4 Å². The van der Waals surface area contributed by atoms with Crippen molar-refractivity contribution < 1.29 is 54.0 Å². The van der Waals surface area contributed by atoms with Crippen LogP contribution in [0.4, 0.5) is 0 Å². The van der Waals surface area contributed by atoms with E-state index in [1.165, 1.54) is 15.9 Å².